The molecule has 0 radical (unpaired) electrons. The summed E-state index contributed by atoms with van der Waals surface area (Å²) < 4.78 is 25.3. The Hall–Kier alpha value is -1.94. The number of hydrogen-bond acceptors (Lipinski definition) is 3. The Morgan fingerprint density at radius 3 is 2.48 bits per heavy atom. The minimum absolute atomic E-state index is 0.107. The van der Waals surface area contributed by atoms with E-state index in [1.54, 1.807) is 36.4 Å². The summed E-state index contributed by atoms with van der Waals surface area (Å²) in [5.41, 5.74) is 2.42. The molecule has 3 nitrogen and oxygen atoms in total. The zero-order valence-electron chi connectivity index (χ0n) is 11.8. The van der Waals surface area contributed by atoms with E-state index in [1.165, 1.54) is 0 Å². The van der Waals surface area contributed by atoms with Crippen LogP contribution in [0.2, 0.25) is 0 Å². The molecule has 2 aromatic rings. The van der Waals surface area contributed by atoms with Crippen LogP contribution in [0.15, 0.2) is 52.3 Å². The molecule has 0 N–H and O–H groups in total. The number of rotatable bonds is 2. The van der Waals surface area contributed by atoms with Gasteiger partial charge in [-0.15, -0.1) is 0 Å². The van der Waals surface area contributed by atoms with Gasteiger partial charge in [-0.2, -0.15) is 0 Å². The van der Waals surface area contributed by atoms with Crippen LogP contribution in [0.4, 0.5) is 0 Å². The minimum atomic E-state index is -3.52. The zero-order chi connectivity index (χ0) is 15.0. The first-order valence-electron chi connectivity index (χ1n) is 6.96. The number of Topliss-reactive ketones (excluding diaryl/α,β-unsaturated/α-hetero) is 1. The molecular formula is C17H16O3S. The third-order valence-corrected chi connectivity index (χ3v) is 5.59. The van der Waals surface area contributed by atoms with Gasteiger partial charge in [0.1, 0.15) is 0 Å². The highest BCUT2D eigenvalue weighted by atomic mass is 32.2. The third kappa shape index (κ3) is 2.51. The maximum Gasteiger partial charge on any atom is 0.206 e. The van der Waals surface area contributed by atoms with Gasteiger partial charge in [0.15, 0.2) is 5.78 Å². The van der Waals surface area contributed by atoms with Crippen LogP contribution in [0.1, 0.15) is 34.3 Å². The predicted molar refractivity (Wildman–Crippen MR) is 80.3 cm³/mol. The topological polar surface area (TPSA) is 51.2 Å². The average Bonchev–Trinajstić information content (AvgIpc) is 2.47. The van der Waals surface area contributed by atoms with Crippen molar-refractivity contribution in [2.75, 3.05) is 0 Å². The molecule has 0 aliphatic heterocycles. The van der Waals surface area contributed by atoms with E-state index in [-0.39, 0.29) is 10.7 Å². The zero-order valence-corrected chi connectivity index (χ0v) is 12.6. The molecule has 1 aliphatic carbocycles. The Kier molecular flexibility index (Phi) is 3.41. The van der Waals surface area contributed by atoms with E-state index in [4.69, 9.17) is 0 Å². The summed E-state index contributed by atoms with van der Waals surface area (Å²) in [6.45, 7) is 1.87. The average molecular weight is 300 g/mol. The normalized spacial score (nSPS) is 14.8. The van der Waals surface area contributed by atoms with Crippen LogP contribution < -0.4 is 0 Å². The predicted octanol–water partition coefficient (Wildman–Crippen LogP) is 3.35. The fourth-order valence-electron chi connectivity index (χ4n) is 2.71. The quantitative estimate of drug-likeness (QED) is 0.854. The van der Waals surface area contributed by atoms with Gasteiger partial charge in [-0.1, -0.05) is 12.1 Å². The van der Waals surface area contributed by atoms with Gasteiger partial charge in [0.05, 0.1) is 9.79 Å². The van der Waals surface area contributed by atoms with Crippen LogP contribution in [0, 0.1) is 6.92 Å². The lowest BCUT2D eigenvalue weighted by Crippen LogP contribution is -2.12. The Labute approximate surface area is 124 Å². The van der Waals surface area contributed by atoms with Crippen molar-refractivity contribution in [1.29, 1.82) is 0 Å². The molecule has 0 saturated heterocycles. The maximum absolute atomic E-state index is 12.7. The SMILES string of the molecule is Cc1cccc(S(=O)(=O)c2ccc3c(c2)CCCC3=O)c1. The molecule has 0 aromatic heterocycles. The van der Waals surface area contributed by atoms with Gasteiger partial charge in [-0.25, -0.2) is 8.42 Å². The van der Waals surface area contributed by atoms with Crippen LogP contribution in [0.25, 0.3) is 0 Å². The third-order valence-electron chi connectivity index (χ3n) is 3.84. The summed E-state index contributed by atoms with van der Waals surface area (Å²) in [7, 11) is -3.52. The second-order valence-electron chi connectivity index (χ2n) is 5.42. The molecule has 3 rings (SSSR count). The number of aryl methyl sites for hydroxylation is 2. The number of hydrogen-bond donors (Lipinski definition) is 0. The highest BCUT2D eigenvalue weighted by molar-refractivity contribution is 7.91. The number of carbonyl (C=O) groups excluding carboxylic acids is 1. The van der Waals surface area contributed by atoms with Crippen molar-refractivity contribution in [3.63, 3.8) is 0 Å². The molecule has 0 bridgehead atoms. The molecule has 21 heavy (non-hydrogen) atoms. The van der Waals surface area contributed by atoms with Gasteiger partial charge in [-0.05, 0) is 61.2 Å². The smallest absolute Gasteiger partial charge is 0.206 e. The number of ketones is 1. The molecule has 0 spiro atoms. The van der Waals surface area contributed by atoms with Crippen molar-refractivity contribution in [3.05, 3.63) is 59.2 Å². The molecule has 4 heteroatoms. The molecule has 0 fully saturated rings. The summed E-state index contributed by atoms with van der Waals surface area (Å²) in [4.78, 5) is 12.4. The molecule has 0 amide bonds. The van der Waals surface area contributed by atoms with Gasteiger partial charge in [-0.3, -0.25) is 4.79 Å². The van der Waals surface area contributed by atoms with Crippen LogP contribution in [-0.2, 0) is 16.3 Å². The Morgan fingerprint density at radius 1 is 0.952 bits per heavy atom. The van der Waals surface area contributed by atoms with E-state index < -0.39 is 9.84 Å². The maximum atomic E-state index is 12.7. The summed E-state index contributed by atoms with van der Waals surface area (Å²) in [6.07, 6.45) is 2.11. The van der Waals surface area contributed by atoms with Crippen LogP contribution in [0.3, 0.4) is 0 Å². The van der Waals surface area contributed by atoms with Crippen LogP contribution >= 0.6 is 0 Å². The summed E-state index contributed by atoms with van der Waals surface area (Å²) in [5, 5.41) is 0. The van der Waals surface area contributed by atoms with E-state index in [0.717, 1.165) is 24.0 Å². The fraction of sp³-hybridized carbons (Fsp3) is 0.235. The Bertz CT molecular complexity index is 820. The molecule has 108 valence electrons. The number of sulfone groups is 1. The lowest BCUT2D eigenvalue weighted by molar-refractivity contribution is 0.0972. The largest absolute Gasteiger partial charge is 0.294 e. The highest BCUT2D eigenvalue weighted by Gasteiger charge is 2.22. The van der Waals surface area contributed by atoms with Gasteiger partial charge in [0, 0.05) is 12.0 Å². The highest BCUT2D eigenvalue weighted by Crippen LogP contribution is 2.27. The standard InChI is InChI=1S/C17H16O3S/c1-12-4-2-6-14(10-12)21(19,20)15-8-9-16-13(11-15)5-3-7-17(16)18/h2,4,6,8-11H,3,5,7H2,1H3. The molecule has 0 atom stereocenters. The van der Waals surface area contributed by atoms with Crippen molar-refractivity contribution >= 4 is 15.6 Å². The Morgan fingerprint density at radius 2 is 1.71 bits per heavy atom. The van der Waals surface area contributed by atoms with E-state index in [1.807, 2.05) is 13.0 Å². The molecule has 2 aromatic carbocycles. The summed E-state index contributed by atoms with van der Waals surface area (Å²) in [6, 6.07) is 11.7. The van der Waals surface area contributed by atoms with Crippen molar-refractivity contribution in [2.24, 2.45) is 0 Å². The van der Waals surface area contributed by atoms with Gasteiger partial charge < -0.3 is 0 Å². The van der Waals surface area contributed by atoms with E-state index in [0.29, 0.717) is 16.9 Å². The van der Waals surface area contributed by atoms with Crippen LogP contribution in [-0.4, -0.2) is 14.2 Å². The fourth-order valence-corrected chi connectivity index (χ4v) is 4.12. The van der Waals surface area contributed by atoms with E-state index >= 15 is 0 Å². The Balaban J connectivity index is 2.10. The lowest BCUT2D eigenvalue weighted by Gasteiger charge is -2.15. The first kappa shape index (κ1) is 14.0. The van der Waals surface area contributed by atoms with E-state index in [2.05, 4.69) is 0 Å². The first-order valence-corrected chi connectivity index (χ1v) is 8.45. The molecule has 1 aliphatic rings. The van der Waals surface area contributed by atoms with E-state index in [9.17, 15) is 13.2 Å². The second kappa shape index (κ2) is 5.11. The lowest BCUT2D eigenvalue weighted by atomic mass is 9.91. The summed E-state index contributed by atoms with van der Waals surface area (Å²) >= 11 is 0. The van der Waals surface area contributed by atoms with Gasteiger partial charge in [0.25, 0.3) is 0 Å². The monoisotopic (exact) mass is 300 g/mol. The van der Waals surface area contributed by atoms with Crippen molar-refractivity contribution in [3.8, 4) is 0 Å². The minimum Gasteiger partial charge on any atom is -0.294 e. The van der Waals surface area contributed by atoms with Crippen molar-refractivity contribution in [1.82, 2.24) is 0 Å². The molecular weight excluding hydrogens is 284 g/mol. The van der Waals surface area contributed by atoms with Crippen molar-refractivity contribution in [2.45, 2.75) is 36.0 Å². The first-order chi connectivity index (χ1) is 9.98. The molecule has 0 heterocycles. The molecule has 0 unspecified atom stereocenters. The number of carbonyl (C=O) groups is 1. The van der Waals surface area contributed by atoms with Gasteiger partial charge >= 0.3 is 0 Å². The number of fused-ring (bicyclic) bond motifs is 1. The van der Waals surface area contributed by atoms with Crippen molar-refractivity contribution < 1.29 is 13.2 Å². The molecule has 0 saturated carbocycles. The summed E-state index contributed by atoms with van der Waals surface area (Å²) in [5.74, 6) is 0.107. The van der Waals surface area contributed by atoms with Gasteiger partial charge in [0.2, 0.25) is 9.84 Å². The number of benzene rings is 2. The second-order valence-corrected chi connectivity index (χ2v) is 7.37. The van der Waals surface area contributed by atoms with Crippen LogP contribution in [0.5, 0.6) is 0 Å².